The molecule has 1 aromatic carbocycles. The Hall–Kier alpha value is -1.60. The van der Waals surface area contributed by atoms with Crippen LogP contribution >= 0.6 is 0 Å². The monoisotopic (exact) mass is 310 g/mol. The van der Waals surface area contributed by atoms with Crippen molar-refractivity contribution < 1.29 is 8.42 Å². The van der Waals surface area contributed by atoms with Gasteiger partial charge in [0.25, 0.3) is 0 Å². The van der Waals surface area contributed by atoms with E-state index in [2.05, 4.69) is 20.3 Å². The molecule has 1 saturated carbocycles. The Morgan fingerprint density at radius 3 is 2.76 bits per heavy atom. The number of rotatable bonds is 6. The molecule has 1 aliphatic carbocycles. The fourth-order valence-electron chi connectivity index (χ4n) is 1.84. The van der Waals surface area contributed by atoms with Gasteiger partial charge in [-0.25, -0.2) is 18.1 Å². The number of hydrogen-bond donors (Lipinski definition) is 3. The zero-order valence-corrected chi connectivity index (χ0v) is 13.2. The molecule has 0 heterocycles. The van der Waals surface area contributed by atoms with Gasteiger partial charge in [-0.3, -0.25) is 0 Å². The van der Waals surface area contributed by atoms with Crippen LogP contribution < -0.4 is 15.4 Å². The molecule has 0 radical (unpaired) electrons. The zero-order valence-electron chi connectivity index (χ0n) is 12.4. The lowest BCUT2D eigenvalue weighted by Gasteiger charge is -2.10. The van der Waals surface area contributed by atoms with E-state index in [1.54, 1.807) is 18.2 Å². The minimum Gasteiger partial charge on any atom is -0.357 e. The number of guanidine groups is 1. The van der Waals surface area contributed by atoms with Crippen LogP contribution in [-0.2, 0) is 16.6 Å². The number of hydrogen-bond acceptors (Lipinski definition) is 3. The smallest absolute Gasteiger partial charge is 0.240 e. The summed E-state index contributed by atoms with van der Waals surface area (Å²) in [6.45, 7) is 3.26. The van der Waals surface area contributed by atoms with E-state index >= 15 is 0 Å². The molecule has 6 nitrogen and oxygen atoms in total. The standard InChI is InChI=1S/C14H22N4O2S/c1-3-16-14(18-12-7-8-12)17-10-11-5-4-6-13(9-11)21(19,20)15-2/h4-6,9,12,15H,3,7-8,10H2,1-2H3,(H2,16,17,18). The second-order valence-corrected chi connectivity index (χ2v) is 6.86. The highest BCUT2D eigenvalue weighted by molar-refractivity contribution is 7.89. The first-order valence-electron chi connectivity index (χ1n) is 7.12. The number of sulfonamides is 1. The van der Waals surface area contributed by atoms with Crippen LogP contribution in [0, 0.1) is 0 Å². The van der Waals surface area contributed by atoms with Crippen molar-refractivity contribution >= 4 is 16.0 Å². The van der Waals surface area contributed by atoms with E-state index < -0.39 is 10.0 Å². The fraction of sp³-hybridized carbons (Fsp3) is 0.500. The topological polar surface area (TPSA) is 82.6 Å². The van der Waals surface area contributed by atoms with Crippen molar-refractivity contribution in [2.75, 3.05) is 13.6 Å². The van der Waals surface area contributed by atoms with Gasteiger partial charge in [-0.05, 0) is 44.5 Å². The summed E-state index contributed by atoms with van der Waals surface area (Å²) in [6.07, 6.45) is 2.36. The van der Waals surface area contributed by atoms with E-state index in [1.165, 1.54) is 19.9 Å². The minimum absolute atomic E-state index is 0.262. The van der Waals surface area contributed by atoms with Crippen molar-refractivity contribution in [3.63, 3.8) is 0 Å². The van der Waals surface area contributed by atoms with Gasteiger partial charge in [0.2, 0.25) is 10.0 Å². The van der Waals surface area contributed by atoms with Gasteiger partial charge in [0.05, 0.1) is 11.4 Å². The molecule has 1 aromatic rings. The molecule has 0 aromatic heterocycles. The fourth-order valence-corrected chi connectivity index (χ4v) is 2.64. The Morgan fingerprint density at radius 1 is 1.38 bits per heavy atom. The average Bonchev–Trinajstić information content (AvgIpc) is 3.29. The molecular weight excluding hydrogens is 288 g/mol. The summed E-state index contributed by atoms with van der Waals surface area (Å²) in [7, 11) is -2.00. The van der Waals surface area contributed by atoms with E-state index in [9.17, 15) is 8.42 Å². The molecule has 1 fully saturated rings. The van der Waals surface area contributed by atoms with Crippen molar-refractivity contribution in [2.24, 2.45) is 4.99 Å². The van der Waals surface area contributed by atoms with Gasteiger partial charge in [0.1, 0.15) is 0 Å². The summed E-state index contributed by atoms with van der Waals surface area (Å²) < 4.78 is 25.9. The molecule has 1 aliphatic rings. The van der Waals surface area contributed by atoms with Gasteiger partial charge >= 0.3 is 0 Å². The van der Waals surface area contributed by atoms with Gasteiger partial charge in [0.15, 0.2) is 5.96 Å². The second kappa shape index (κ2) is 6.91. The third kappa shape index (κ3) is 4.71. The van der Waals surface area contributed by atoms with E-state index in [0.717, 1.165) is 18.1 Å². The van der Waals surface area contributed by atoms with Gasteiger partial charge in [-0.2, -0.15) is 0 Å². The molecule has 0 unspecified atom stereocenters. The van der Waals surface area contributed by atoms with E-state index in [0.29, 0.717) is 12.6 Å². The van der Waals surface area contributed by atoms with Gasteiger partial charge in [-0.15, -0.1) is 0 Å². The first-order valence-corrected chi connectivity index (χ1v) is 8.61. The summed E-state index contributed by atoms with van der Waals surface area (Å²) in [5, 5.41) is 6.51. The maximum absolute atomic E-state index is 11.8. The summed E-state index contributed by atoms with van der Waals surface area (Å²) in [6, 6.07) is 7.36. The van der Waals surface area contributed by atoms with Crippen molar-refractivity contribution in [2.45, 2.75) is 37.2 Å². The third-order valence-electron chi connectivity index (χ3n) is 3.16. The molecule has 0 saturated heterocycles. The second-order valence-electron chi connectivity index (χ2n) is 4.97. The number of benzene rings is 1. The maximum atomic E-state index is 11.8. The molecule has 0 spiro atoms. The van der Waals surface area contributed by atoms with Gasteiger partial charge in [-0.1, -0.05) is 12.1 Å². The SMILES string of the molecule is CCNC(=NCc1cccc(S(=O)(=O)NC)c1)NC1CC1. The summed E-state index contributed by atoms with van der Waals surface area (Å²) in [4.78, 5) is 4.75. The summed E-state index contributed by atoms with van der Waals surface area (Å²) in [5.74, 6) is 0.780. The highest BCUT2D eigenvalue weighted by atomic mass is 32.2. The third-order valence-corrected chi connectivity index (χ3v) is 4.57. The predicted molar refractivity (Wildman–Crippen MR) is 83.7 cm³/mol. The molecule has 3 N–H and O–H groups in total. The van der Waals surface area contributed by atoms with Gasteiger partial charge in [0, 0.05) is 12.6 Å². The Balaban J connectivity index is 2.09. The van der Waals surface area contributed by atoms with Crippen molar-refractivity contribution in [3.8, 4) is 0 Å². The Morgan fingerprint density at radius 2 is 2.14 bits per heavy atom. The minimum atomic E-state index is -3.41. The lowest BCUT2D eigenvalue weighted by atomic mass is 10.2. The number of nitrogens with one attached hydrogen (secondary N) is 3. The van der Waals surface area contributed by atoms with E-state index in [1.807, 2.05) is 13.0 Å². The van der Waals surface area contributed by atoms with Crippen LogP contribution in [0.3, 0.4) is 0 Å². The first kappa shape index (κ1) is 15.8. The van der Waals surface area contributed by atoms with Crippen LogP contribution in [0.5, 0.6) is 0 Å². The molecule has 2 rings (SSSR count). The number of nitrogens with zero attached hydrogens (tertiary/aromatic N) is 1. The molecule has 7 heteroatoms. The highest BCUT2D eigenvalue weighted by Crippen LogP contribution is 2.18. The van der Waals surface area contributed by atoms with Crippen molar-refractivity contribution in [3.05, 3.63) is 29.8 Å². The quantitative estimate of drug-likeness (QED) is 0.536. The summed E-state index contributed by atoms with van der Waals surface area (Å²) in [5.41, 5.74) is 0.860. The lowest BCUT2D eigenvalue weighted by Crippen LogP contribution is -2.38. The maximum Gasteiger partial charge on any atom is 0.240 e. The largest absolute Gasteiger partial charge is 0.357 e. The van der Waals surface area contributed by atoms with Crippen LogP contribution in [0.1, 0.15) is 25.3 Å². The predicted octanol–water partition coefficient (Wildman–Crippen LogP) is 0.812. The van der Waals surface area contributed by atoms with Crippen LogP contribution in [-0.4, -0.2) is 34.0 Å². The first-order chi connectivity index (χ1) is 10.0. The van der Waals surface area contributed by atoms with E-state index in [-0.39, 0.29) is 4.90 Å². The van der Waals surface area contributed by atoms with E-state index in [4.69, 9.17) is 0 Å². The van der Waals surface area contributed by atoms with Crippen LogP contribution in [0.4, 0.5) is 0 Å². The average molecular weight is 310 g/mol. The lowest BCUT2D eigenvalue weighted by molar-refractivity contribution is 0.588. The van der Waals surface area contributed by atoms with Crippen molar-refractivity contribution in [1.29, 1.82) is 0 Å². The Kier molecular flexibility index (Phi) is 5.19. The molecule has 0 amide bonds. The molecule has 0 aliphatic heterocycles. The molecule has 21 heavy (non-hydrogen) atoms. The highest BCUT2D eigenvalue weighted by Gasteiger charge is 2.22. The molecule has 0 atom stereocenters. The Bertz CT molecular complexity index is 609. The zero-order chi connectivity index (χ0) is 15.3. The van der Waals surface area contributed by atoms with Crippen molar-refractivity contribution in [1.82, 2.24) is 15.4 Å². The van der Waals surface area contributed by atoms with Gasteiger partial charge < -0.3 is 10.6 Å². The van der Waals surface area contributed by atoms with Crippen LogP contribution in [0.15, 0.2) is 34.2 Å². The van der Waals surface area contributed by atoms with Crippen LogP contribution in [0.2, 0.25) is 0 Å². The normalized spacial score (nSPS) is 15.8. The van der Waals surface area contributed by atoms with Crippen LogP contribution in [0.25, 0.3) is 0 Å². The summed E-state index contributed by atoms with van der Waals surface area (Å²) >= 11 is 0. The molecule has 116 valence electrons. The number of aliphatic imine (C=N–C) groups is 1. The molecular formula is C14H22N4O2S. The Labute approximate surface area is 126 Å². The molecule has 0 bridgehead atoms.